The highest BCUT2D eigenvalue weighted by Gasteiger charge is 2.09. The fourth-order valence-corrected chi connectivity index (χ4v) is 2.18. The van der Waals surface area contributed by atoms with E-state index in [4.69, 9.17) is 16.3 Å². The van der Waals surface area contributed by atoms with Gasteiger partial charge >= 0.3 is 0 Å². The number of anilines is 1. The summed E-state index contributed by atoms with van der Waals surface area (Å²) in [5.41, 5.74) is 1.12. The smallest absolute Gasteiger partial charge is 0.255 e. The van der Waals surface area contributed by atoms with Crippen molar-refractivity contribution in [2.24, 2.45) is 0 Å². The topological polar surface area (TPSA) is 38.3 Å². The molecule has 0 aromatic heterocycles. The van der Waals surface area contributed by atoms with Crippen LogP contribution in [-0.4, -0.2) is 12.5 Å². The van der Waals surface area contributed by atoms with Crippen LogP contribution in [0.5, 0.6) is 5.75 Å². The normalized spacial score (nSPS) is 10.2. The van der Waals surface area contributed by atoms with Gasteiger partial charge in [-0.25, -0.2) is 0 Å². The molecule has 0 spiro atoms. The van der Waals surface area contributed by atoms with E-state index in [-0.39, 0.29) is 5.91 Å². The van der Waals surface area contributed by atoms with Crippen LogP contribution in [0.15, 0.2) is 46.9 Å². The molecular weight excluding hydrogens is 342 g/mol. The minimum Gasteiger partial charge on any atom is -0.494 e. The molecule has 0 saturated carbocycles. The average molecular weight is 355 g/mol. The Balaban J connectivity index is 2.13. The van der Waals surface area contributed by atoms with E-state index in [0.717, 1.165) is 10.2 Å². The molecule has 1 N–H and O–H groups in total. The van der Waals surface area contributed by atoms with E-state index in [0.29, 0.717) is 22.9 Å². The number of halogens is 2. The first-order valence-corrected chi connectivity index (χ1v) is 7.26. The lowest BCUT2D eigenvalue weighted by molar-refractivity contribution is 0.102. The van der Waals surface area contributed by atoms with Crippen molar-refractivity contribution < 1.29 is 9.53 Å². The van der Waals surface area contributed by atoms with Crippen molar-refractivity contribution in [3.63, 3.8) is 0 Å². The van der Waals surface area contributed by atoms with Crippen molar-refractivity contribution in [1.82, 2.24) is 0 Å². The molecule has 2 rings (SSSR count). The van der Waals surface area contributed by atoms with Crippen LogP contribution in [-0.2, 0) is 0 Å². The summed E-state index contributed by atoms with van der Waals surface area (Å²) < 4.78 is 6.19. The van der Waals surface area contributed by atoms with Crippen molar-refractivity contribution in [3.05, 3.63) is 57.5 Å². The number of hydrogen-bond donors (Lipinski definition) is 1. The Kier molecular flexibility index (Phi) is 5.04. The van der Waals surface area contributed by atoms with E-state index < -0.39 is 0 Å². The number of carbonyl (C=O) groups excluding carboxylic acids is 1. The molecule has 0 heterocycles. The Hall–Kier alpha value is -1.52. The van der Waals surface area contributed by atoms with Gasteiger partial charge in [-0.15, -0.1) is 0 Å². The molecule has 0 fully saturated rings. The lowest BCUT2D eigenvalue weighted by atomic mass is 10.2. The largest absolute Gasteiger partial charge is 0.494 e. The van der Waals surface area contributed by atoms with E-state index >= 15 is 0 Å². The van der Waals surface area contributed by atoms with Crippen LogP contribution < -0.4 is 10.1 Å². The zero-order chi connectivity index (χ0) is 14.5. The maximum atomic E-state index is 12.1. The zero-order valence-corrected chi connectivity index (χ0v) is 13.2. The molecule has 0 unspecified atom stereocenters. The van der Waals surface area contributed by atoms with Crippen LogP contribution in [0.1, 0.15) is 17.3 Å². The lowest BCUT2D eigenvalue weighted by Gasteiger charge is -2.08. The van der Waals surface area contributed by atoms with Crippen LogP contribution in [0, 0.1) is 0 Å². The number of benzene rings is 2. The van der Waals surface area contributed by atoms with E-state index in [2.05, 4.69) is 21.2 Å². The summed E-state index contributed by atoms with van der Waals surface area (Å²) in [6.07, 6.45) is 0. The minimum atomic E-state index is -0.215. The van der Waals surface area contributed by atoms with Crippen molar-refractivity contribution in [3.8, 4) is 5.75 Å². The molecule has 0 aliphatic heterocycles. The van der Waals surface area contributed by atoms with Crippen molar-refractivity contribution in [2.75, 3.05) is 11.9 Å². The predicted molar refractivity (Wildman–Crippen MR) is 84.7 cm³/mol. The molecule has 3 nitrogen and oxygen atoms in total. The van der Waals surface area contributed by atoms with Crippen LogP contribution >= 0.6 is 27.5 Å². The van der Waals surface area contributed by atoms with Gasteiger partial charge in [0.25, 0.3) is 5.91 Å². The highest BCUT2D eigenvalue weighted by Crippen LogP contribution is 2.26. The fourth-order valence-electron chi connectivity index (χ4n) is 1.66. The highest BCUT2D eigenvalue weighted by atomic mass is 79.9. The van der Waals surface area contributed by atoms with Gasteiger partial charge in [0.05, 0.1) is 17.3 Å². The van der Waals surface area contributed by atoms with E-state index in [1.165, 1.54) is 0 Å². The Morgan fingerprint density at radius 2 is 1.95 bits per heavy atom. The van der Waals surface area contributed by atoms with Gasteiger partial charge in [0.15, 0.2) is 0 Å². The first kappa shape index (κ1) is 14.9. The number of amides is 1. The molecule has 0 aliphatic carbocycles. The second-order valence-electron chi connectivity index (χ2n) is 4.04. The van der Waals surface area contributed by atoms with Gasteiger partial charge in [-0.1, -0.05) is 27.5 Å². The summed E-state index contributed by atoms with van der Waals surface area (Å²) >= 11 is 9.38. The van der Waals surface area contributed by atoms with E-state index in [1.54, 1.807) is 36.4 Å². The molecule has 5 heteroatoms. The van der Waals surface area contributed by atoms with E-state index in [1.807, 2.05) is 13.0 Å². The number of hydrogen-bond acceptors (Lipinski definition) is 2. The number of nitrogens with one attached hydrogen (secondary N) is 1. The third-order valence-electron chi connectivity index (χ3n) is 2.60. The summed E-state index contributed by atoms with van der Waals surface area (Å²) in [7, 11) is 0. The Bertz CT molecular complexity index is 614. The second-order valence-corrected chi connectivity index (χ2v) is 5.36. The van der Waals surface area contributed by atoms with Crippen molar-refractivity contribution in [1.29, 1.82) is 0 Å². The molecule has 0 bridgehead atoms. The third-order valence-corrected chi connectivity index (χ3v) is 3.43. The molecule has 104 valence electrons. The Morgan fingerprint density at radius 3 is 2.60 bits per heavy atom. The van der Waals surface area contributed by atoms with Gasteiger partial charge < -0.3 is 10.1 Å². The third kappa shape index (κ3) is 3.74. The lowest BCUT2D eigenvalue weighted by Crippen LogP contribution is -2.12. The molecule has 2 aromatic carbocycles. The monoisotopic (exact) mass is 353 g/mol. The van der Waals surface area contributed by atoms with Crippen molar-refractivity contribution in [2.45, 2.75) is 6.92 Å². The SMILES string of the molecule is CCOc1ccc(C(=O)Nc2cc(Br)ccc2Cl)cc1. The maximum absolute atomic E-state index is 12.1. The summed E-state index contributed by atoms with van der Waals surface area (Å²) in [4.78, 5) is 12.1. The standard InChI is InChI=1S/C15H13BrClNO2/c1-2-20-12-6-3-10(4-7-12)15(19)18-14-9-11(16)5-8-13(14)17/h3-9H,2H2,1H3,(H,18,19). The molecule has 0 aliphatic rings. The van der Waals surface area contributed by atoms with Gasteiger partial charge in [0.1, 0.15) is 5.75 Å². The first-order chi connectivity index (χ1) is 9.60. The fraction of sp³-hybridized carbons (Fsp3) is 0.133. The second kappa shape index (κ2) is 6.77. The van der Waals surface area contributed by atoms with Crippen LogP contribution in [0.2, 0.25) is 5.02 Å². The molecule has 2 aromatic rings. The molecule has 20 heavy (non-hydrogen) atoms. The summed E-state index contributed by atoms with van der Waals surface area (Å²) in [5.74, 6) is 0.526. The highest BCUT2D eigenvalue weighted by molar-refractivity contribution is 9.10. The van der Waals surface area contributed by atoms with Gasteiger partial charge in [-0.2, -0.15) is 0 Å². The summed E-state index contributed by atoms with van der Waals surface area (Å²) in [6, 6.07) is 12.3. The van der Waals surface area contributed by atoms with E-state index in [9.17, 15) is 4.79 Å². The first-order valence-electron chi connectivity index (χ1n) is 6.09. The molecular formula is C15H13BrClNO2. The molecule has 0 saturated heterocycles. The van der Waals surface area contributed by atoms with Gasteiger partial charge in [0.2, 0.25) is 0 Å². The Morgan fingerprint density at radius 1 is 1.25 bits per heavy atom. The minimum absolute atomic E-state index is 0.215. The predicted octanol–water partition coefficient (Wildman–Crippen LogP) is 4.75. The quantitative estimate of drug-likeness (QED) is 0.860. The number of carbonyl (C=O) groups is 1. The van der Waals surface area contributed by atoms with Crippen molar-refractivity contribution >= 4 is 39.1 Å². The van der Waals surface area contributed by atoms with Crippen LogP contribution in [0.25, 0.3) is 0 Å². The van der Waals surface area contributed by atoms with Crippen LogP contribution in [0.3, 0.4) is 0 Å². The van der Waals surface area contributed by atoms with Gasteiger partial charge in [-0.3, -0.25) is 4.79 Å². The number of ether oxygens (including phenoxy) is 1. The zero-order valence-electron chi connectivity index (χ0n) is 10.8. The maximum Gasteiger partial charge on any atom is 0.255 e. The van der Waals surface area contributed by atoms with Gasteiger partial charge in [0, 0.05) is 10.0 Å². The van der Waals surface area contributed by atoms with Gasteiger partial charge in [-0.05, 0) is 49.4 Å². The van der Waals surface area contributed by atoms with Crippen LogP contribution in [0.4, 0.5) is 5.69 Å². The Labute approximate surface area is 131 Å². The number of rotatable bonds is 4. The summed E-state index contributed by atoms with van der Waals surface area (Å²) in [6.45, 7) is 2.51. The molecule has 0 radical (unpaired) electrons. The average Bonchev–Trinajstić information content (AvgIpc) is 2.44. The summed E-state index contributed by atoms with van der Waals surface area (Å²) in [5, 5.41) is 3.27. The molecule has 0 atom stereocenters. The molecule has 1 amide bonds.